The fraction of sp³-hybridized carbons (Fsp3) is 0.912. The lowest BCUT2D eigenvalue weighted by molar-refractivity contribution is -0.251. The van der Waals surface area contributed by atoms with E-state index in [1.807, 2.05) is 6.92 Å². The van der Waals surface area contributed by atoms with Crippen LogP contribution in [0.2, 0.25) is 0 Å². The van der Waals surface area contributed by atoms with Crippen molar-refractivity contribution in [2.75, 3.05) is 11.9 Å². The van der Waals surface area contributed by atoms with Crippen LogP contribution in [0.15, 0.2) is 12.2 Å². The van der Waals surface area contributed by atoms with E-state index in [2.05, 4.69) is 57.1 Å². The van der Waals surface area contributed by atoms with Crippen molar-refractivity contribution in [3.63, 3.8) is 0 Å². The summed E-state index contributed by atoms with van der Waals surface area (Å²) in [6, 6.07) is 0. The minimum Gasteiger partial charge on any atom is -0.465 e. The standard InChI is InChI=1S/C34H55BrO3/c1-22(2)23-12-15-30(3)18-19-32(5)24(28(23)30)10-11-25-31(4)16-14-27(36)34(7,26(31)13-17-33(25,32)6)29(37)38-21-9-8-20-35/h23-28,36H,1,8-21H2,2-7H3/t23-,24+,25+,26+,27+,28+,30+,31+,32+,33+,34+/m0/s1. The number of unbranched alkanes of at least 4 members (excludes halogenated alkanes) is 1. The van der Waals surface area contributed by atoms with Crippen LogP contribution >= 0.6 is 15.9 Å². The maximum absolute atomic E-state index is 13.7. The molecule has 216 valence electrons. The van der Waals surface area contributed by atoms with E-state index in [1.54, 1.807) is 0 Å². The summed E-state index contributed by atoms with van der Waals surface area (Å²) in [4.78, 5) is 13.7. The van der Waals surface area contributed by atoms with Gasteiger partial charge in [-0.25, -0.2) is 0 Å². The first-order valence-corrected chi connectivity index (χ1v) is 17.0. The van der Waals surface area contributed by atoms with Gasteiger partial charge >= 0.3 is 5.97 Å². The molecule has 0 saturated heterocycles. The highest BCUT2D eigenvalue weighted by atomic mass is 79.9. The molecule has 0 heterocycles. The van der Waals surface area contributed by atoms with E-state index in [1.165, 1.54) is 50.5 Å². The van der Waals surface area contributed by atoms with E-state index in [-0.39, 0.29) is 22.7 Å². The van der Waals surface area contributed by atoms with Crippen LogP contribution in [-0.4, -0.2) is 29.1 Å². The number of aliphatic hydroxyl groups excluding tert-OH is 1. The van der Waals surface area contributed by atoms with Crippen LogP contribution in [0.4, 0.5) is 0 Å². The highest BCUT2D eigenvalue weighted by molar-refractivity contribution is 9.09. The molecule has 3 nitrogen and oxygen atoms in total. The number of hydrogen-bond acceptors (Lipinski definition) is 3. The van der Waals surface area contributed by atoms with Crippen molar-refractivity contribution in [3.8, 4) is 0 Å². The van der Waals surface area contributed by atoms with Crippen molar-refractivity contribution < 1.29 is 14.6 Å². The van der Waals surface area contributed by atoms with Crippen LogP contribution in [0.25, 0.3) is 0 Å². The normalized spacial score (nSPS) is 51.8. The molecule has 0 spiro atoms. The average Bonchev–Trinajstić information content (AvgIpc) is 3.22. The Morgan fingerprint density at radius 3 is 2.32 bits per heavy atom. The molecule has 5 aliphatic rings. The third kappa shape index (κ3) is 3.91. The van der Waals surface area contributed by atoms with E-state index in [9.17, 15) is 9.90 Å². The Morgan fingerprint density at radius 2 is 1.63 bits per heavy atom. The summed E-state index contributed by atoms with van der Waals surface area (Å²) < 4.78 is 5.88. The molecule has 0 unspecified atom stereocenters. The molecule has 1 N–H and O–H groups in total. The summed E-state index contributed by atoms with van der Waals surface area (Å²) in [5.74, 6) is 2.86. The molecule has 0 amide bonds. The molecule has 0 aromatic heterocycles. The topological polar surface area (TPSA) is 46.5 Å². The van der Waals surface area contributed by atoms with Gasteiger partial charge in [0.25, 0.3) is 0 Å². The second-order valence-corrected chi connectivity index (χ2v) is 16.5. The van der Waals surface area contributed by atoms with Crippen LogP contribution < -0.4 is 0 Å². The number of halogens is 1. The average molecular weight is 592 g/mol. The Morgan fingerprint density at radius 1 is 0.895 bits per heavy atom. The maximum atomic E-state index is 13.7. The third-order valence-electron chi connectivity index (χ3n) is 14.3. The number of fused-ring (bicyclic) bond motifs is 7. The zero-order chi connectivity index (χ0) is 27.7. The fourth-order valence-corrected chi connectivity index (χ4v) is 12.4. The molecule has 0 radical (unpaired) electrons. The van der Waals surface area contributed by atoms with E-state index < -0.39 is 11.5 Å². The molecule has 11 atom stereocenters. The Labute approximate surface area is 241 Å². The summed E-state index contributed by atoms with van der Waals surface area (Å²) >= 11 is 3.48. The molecule has 0 aliphatic heterocycles. The molecule has 0 aromatic rings. The fourth-order valence-electron chi connectivity index (χ4n) is 12.0. The molecule has 0 aromatic carbocycles. The summed E-state index contributed by atoms with van der Waals surface area (Å²) in [6.45, 7) is 19.7. The predicted molar refractivity (Wildman–Crippen MR) is 159 cm³/mol. The number of esters is 1. The number of carbonyl (C=O) groups excluding carboxylic acids is 1. The van der Waals surface area contributed by atoms with Gasteiger partial charge in [-0.15, -0.1) is 0 Å². The summed E-state index contributed by atoms with van der Waals surface area (Å²) in [7, 11) is 0. The third-order valence-corrected chi connectivity index (χ3v) is 14.9. The van der Waals surface area contributed by atoms with E-state index in [0.29, 0.717) is 35.7 Å². The number of carbonyl (C=O) groups is 1. The molecule has 38 heavy (non-hydrogen) atoms. The number of ether oxygens (including phenoxy) is 1. The lowest BCUT2D eigenvalue weighted by Crippen LogP contribution is -2.67. The van der Waals surface area contributed by atoms with Crippen molar-refractivity contribution in [2.24, 2.45) is 56.7 Å². The molecule has 5 saturated carbocycles. The Kier molecular flexibility index (Phi) is 7.58. The second-order valence-electron chi connectivity index (χ2n) is 15.7. The second kappa shape index (κ2) is 9.88. The van der Waals surface area contributed by atoms with Crippen LogP contribution in [0, 0.1) is 56.7 Å². The van der Waals surface area contributed by atoms with Crippen molar-refractivity contribution in [1.82, 2.24) is 0 Å². The molecule has 4 heteroatoms. The largest absolute Gasteiger partial charge is 0.465 e. The first-order chi connectivity index (χ1) is 17.8. The number of hydrogen-bond donors (Lipinski definition) is 1. The highest BCUT2D eigenvalue weighted by Crippen LogP contribution is 2.77. The van der Waals surface area contributed by atoms with Gasteiger partial charge in [0.1, 0.15) is 0 Å². The monoisotopic (exact) mass is 590 g/mol. The summed E-state index contributed by atoms with van der Waals surface area (Å²) in [5, 5.41) is 12.3. The van der Waals surface area contributed by atoms with Gasteiger partial charge in [0.05, 0.1) is 18.1 Å². The first-order valence-electron chi connectivity index (χ1n) is 15.9. The Bertz CT molecular complexity index is 948. The van der Waals surface area contributed by atoms with Crippen LogP contribution in [0.5, 0.6) is 0 Å². The van der Waals surface area contributed by atoms with Crippen LogP contribution in [0.3, 0.4) is 0 Å². The van der Waals surface area contributed by atoms with Gasteiger partial charge in [-0.1, -0.05) is 55.8 Å². The number of allylic oxidation sites excluding steroid dienone is 1. The van der Waals surface area contributed by atoms with Crippen molar-refractivity contribution in [3.05, 3.63) is 12.2 Å². The quantitative estimate of drug-likeness (QED) is 0.145. The van der Waals surface area contributed by atoms with Crippen molar-refractivity contribution in [1.29, 1.82) is 0 Å². The van der Waals surface area contributed by atoms with Gasteiger partial charge in [0.2, 0.25) is 0 Å². The minimum absolute atomic E-state index is 0.0635. The predicted octanol–water partition coefficient (Wildman–Crippen LogP) is 8.72. The van der Waals surface area contributed by atoms with Crippen LogP contribution in [-0.2, 0) is 9.53 Å². The van der Waals surface area contributed by atoms with Crippen LogP contribution in [0.1, 0.15) is 119 Å². The van der Waals surface area contributed by atoms with E-state index in [4.69, 9.17) is 4.74 Å². The first kappa shape index (κ1) is 29.2. The Balaban J connectivity index is 1.46. The van der Waals surface area contributed by atoms with Crippen molar-refractivity contribution in [2.45, 2.75) is 125 Å². The lowest BCUT2D eigenvalue weighted by atomic mass is 9.32. The van der Waals surface area contributed by atoms with Gasteiger partial charge in [-0.2, -0.15) is 0 Å². The summed E-state index contributed by atoms with van der Waals surface area (Å²) in [6.07, 6.45) is 13.2. The zero-order valence-corrected chi connectivity index (χ0v) is 26.8. The Hall–Kier alpha value is -0.350. The summed E-state index contributed by atoms with van der Waals surface area (Å²) in [5.41, 5.74) is 1.75. The van der Waals surface area contributed by atoms with E-state index in [0.717, 1.165) is 42.8 Å². The molecule has 5 aliphatic carbocycles. The SMILES string of the molecule is C=C(C)[C@@H]1CC[C@]2(C)CC[C@]3(C)[C@H](CC[C@@H]4[C@@]5(C)CC[C@@H](O)[C@](C)(C(=O)OCCCCBr)[C@@H]5CC[C@]43C)[C@@H]12. The van der Waals surface area contributed by atoms with Crippen molar-refractivity contribution >= 4 is 21.9 Å². The van der Waals surface area contributed by atoms with Gasteiger partial charge in [-0.3, -0.25) is 4.79 Å². The number of rotatable bonds is 6. The van der Waals surface area contributed by atoms with Gasteiger partial charge in [0.15, 0.2) is 0 Å². The molecule has 0 bridgehead atoms. The number of aliphatic hydroxyl groups is 1. The highest BCUT2D eigenvalue weighted by Gasteiger charge is 2.71. The zero-order valence-electron chi connectivity index (χ0n) is 25.2. The van der Waals surface area contributed by atoms with Gasteiger partial charge in [-0.05, 0) is 142 Å². The smallest absolute Gasteiger partial charge is 0.314 e. The number of alkyl halides is 1. The molecule has 5 rings (SSSR count). The lowest BCUT2D eigenvalue weighted by Gasteiger charge is -2.72. The maximum Gasteiger partial charge on any atom is 0.314 e. The minimum atomic E-state index is -0.803. The van der Waals surface area contributed by atoms with Gasteiger partial charge in [0, 0.05) is 5.33 Å². The van der Waals surface area contributed by atoms with Gasteiger partial charge < -0.3 is 9.84 Å². The molecular weight excluding hydrogens is 536 g/mol. The van der Waals surface area contributed by atoms with E-state index >= 15 is 0 Å². The molecule has 5 fully saturated rings. The molecular formula is C34H55BrO3.